The van der Waals surface area contributed by atoms with Gasteiger partial charge >= 0.3 is 6.09 Å². The van der Waals surface area contributed by atoms with Crippen LogP contribution in [0.25, 0.3) is 0 Å². The van der Waals surface area contributed by atoms with Crippen molar-refractivity contribution in [2.24, 2.45) is 0 Å². The summed E-state index contributed by atoms with van der Waals surface area (Å²) < 4.78 is 4.91. The molecule has 2 amide bonds. The Kier molecular flexibility index (Phi) is 4.60. The van der Waals surface area contributed by atoms with Crippen molar-refractivity contribution >= 4 is 12.0 Å². The topological polar surface area (TPSA) is 81.8 Å². The molecule has 1 aromatic rings. The van der Waals surface area contributed by atoms with Gasteiger partial charge in [0.2, 0.25) is 5.91 Å². The van der Waals surface area contributed by atoms with Crippen LogP contribution in [0.15, 0.2) is 6.33 Å². The Morgan fingerprint density at radius 2 is 2.12 bits per heavy atom. The first-order valence-corrected chi connectivity index (χ1v) is 9.61. The number of rotatable bonds is 4. The van der Waals surface area contributed by atoms with Gasteiger partial charge in [0, 0.05) is 31.7 Å². The molecule has 0 bridgehead atoms. The minimum Gasteiger partial charge on any atom is -0.448 e. The van der Waals surface area contributed by atoms with Crippen LogP contribution >= 0.6 is 0 Å². The highest BCUT2D eigenvalue weighted by Gasteiger charge is 2.46. The van der Waals surface area contributed by atoms with Crippen molar-refractivity contribution in [2.75, 3.05) is 45.9 Å². The maximum atomic E-state index is 12.6. The summed E-state index contributed by atoms with van der Waals surface area (Å²) in [6.07, 6.45) is 5.33. The Bertz CT molecular complexity index is 680. The third-order valence-corrected chi connectivity index (χ3v) is 6.00. The molecule has 26 heavy (non-hydrogen) atoms. The Labute approximate surface area is 153 Å². The van der Waals surface area contributed by atoms with Crippen molar-refractivity contribution < 1.29 is 14.3 Å². The van der Waals surface area contributed by atoms with E-state index < -0.39 is 0 Å². The molecule has 1 aromatic heterocycles. The smallest absolute Gasteiger partial charge is 0.410 e. The summed E-state index contributed by atoms with van der Waals surface area (Å²) in [5, 5.41) is 0. The Balaban J connectivity index is 1.46. The van der Waals surface area contributed by atoms with Crippen molar-refractivity contribution in [3.63, 3.8) is 0 Å². The first-order valence-electron chi connectivity index (χ1n) is 9.61. The van der Waals surface area contributed by atoms with Crippen LogP contribution in [0.4, 0.5) is 4.79 Å². The molecule has 0 atom stereocenters. The molecule has 4 heterocycles. The lowest BCUT2D eigenvalue weighted by molar-refractivity contribution is -0.135. The second-order valence-corrected chi connectivity index (χ2v) is 7.42. The number of nitrogens with one attached hydrogen (secondary N) is 1. The number of cyclic esters (lactones) is 1. The Morgan fingerprint density at radius 3 is 2.81 bits per heavy atom. The predicted molar refractivity (Wildman–Crippen MR) is 94.6 cm³/mol. The summed E-state index contributed by atoms with van der Waals surface area (Å²) in [6.45, 7) is 6.71. The number of piperidine rings is 1. The molecule has 0 saturated carbocycles. The number of imidazole rings is 1. The number of H-pyrrole nitrogens is 1. The molecule has 3 aliphatic heterocycles. The molecule has 3 aliphatic rings. The van der Waals surface area contributed by atoms with Crippen LogP contribution in [0, 0.1) is 0 Å². The third-order valence-electron chi connectivity index (χ3n) is 6.00. The SMILES string of the molecule is CCCN1CCc2[nH]cnc2C12CCN(C(=O)CN1CCOC1=O)CC2. The zero-order chi connectivity index (χ0) is 18.1. The summed E-state index contributed by atoms with van der Waals surface area (Å²) in [6, 6.07) is 0. The van der Waals surface area contributed by atoms with Gasteiger partial charge in [0.05, 0.1) is 24.1 Å². The van der Waals surface area contributed by atoms with Gasteiger partial charge in [-0.3, -0.25) is 14.6 Å². The summed E-state index contributed by atoms with van der Waals surface area (Å²) in [5.41, 5.74) is 2.36. The first-order chi connectivity index (χ1) is 12.6. The van der Waals surface area contributed by atoms with Gasteiger partial charge in [-0.05, 0) is 25.8 Å². The number of aromatic nitrogens is 2. The van der Waals surface area contributed by atoms with E-state index in [1.807, 2.05) is 4.90 Å². The molecule has 0 aromatic carbocycles. The molecule has 2 saturated heterocycles. The van der Waals surface area contributed by atoms with Gasteiger partial charge in [-0.15, -0.1) is 0 Å². The van der Waals surface area contributed by atoms with Gasteiger partial charge in [0.1, 0.15) is 13.2 Å². The summed E-state index contributed by atoms with van der Waals surface area (Å²) in [4.78, 5) is 38.1. The molecule has 8 nitrogen and oxygen atoms in total. The van der Waals surface area contributed by atoms with Gasteiger partial charge in [0.15, 0.2) is 0 Å². The molecule has 0 unspecified atom stereocenters. The van der Waals surface area contributed by atoms with E-state index in [1.165, 1.54) is 16.3 Å². The number of carbonyl (C=O) groups is 2. The van der Waals surface area contributed by atoms with Crippen molar-refractivity contribution in [1.82, 2.24) is 24.7 Å². The number of hydrogen-bond donors (Lipinski definition) is 1. The zero-order valence-corrected chi connectivity index (χ0v) is 15.4. The maximum absolute atomic E-state index is 12.6. The standard InChI is InChI=1S/C18H27N5O3/c1-2-6-23-7-3-14-16(20-13-19-14)18(23)4-8-21(9-5-18)15(24)12-22-10-11-26-17(22)25/h13H,2-12H2,1H3,(H,19,20). The zero-order valence-electron chi connectivity index (χ0n) is 15.4. The van der Waals surface area contributed by atoms with Crippen molar-refractivity contribution in [1.29, 1.82) is 0 Å². The number of fused-ring (bicyclic) bond motifs is 2. The van der Waals surface area contributed by atoms with Gasteiger partial charge < -0.3 is 14.6 Å². The van der Waals surface area contributed by atoms with Crippen LogP contribution in [0.5, 0.6) is 0 Å². The average Bonchev–Trinajstić information content (AvgIpc) is 3.28. The number of likely N-dealkylation sites (tertiary alicyclic amines) is 1. The molecule has 8 heteroatoms. The third kappa shape index (κ3) is 2.86. The van der Waals surface area contributed by atoms with Gasteiger partial charge in [-0.2, -0.15) is 0 Å². The number of hydrogen-bond acceptors (Lipinski definition) is 5. The monoisotopic (exact) mass is 361 g/mol. The number of ether oxygens (including phenoxy) is 1. The molecule has 142 valence electrons. The van der Waals surface area contributed by atoms with Gasteiger partial charge in [-0.1, -0.05) is 6.92 Å². The van der Waals surface area contributed by atoms with E-state index in [-0.39, 0.29) is 24.1 Å². The number of aromatic amines is 1. The van der Waals surface area contributed by atoms with E-state index in [4.69, 9.17) is 4.74 Å². The van der Waals surface area contributed by atoms with Crippen LogP contribution in [-0.4, -0.2) is 82.5 Å². The van der Waals surface area contributed by atoms with Crippen LogP contribution in [0.3, 0.4) is 0 Å². The normalized spacial score (nSPS) is 22.6. The van der Waals surface area contributed by atoms with E-state index in [0.29, 0.717) is 26.2 Å². The molecule has 0 aliphatic carbocycles. The average molecular weight is 361 g/mol. The minimum absolute atomic E-state index is 0.0128. The van der Waals surface area contributed by atoms with Crippen LogP contribution in [-0.2, 0) is 21.5 Å². The van der Waals surface area contributed by atoms with E-state index in [2.05, 4.69) is 21.8 Å². The van der Waals surface area contributed by atoms with Crippen LogP contribution in [0.2, 0.25) is 0 Å². The summed E-state index contributed by atoms with van der Waals surface area (Å²) in [5.74, 6) is 0.0128. The van der Waals surface area contributed by atoms with Gasteiger partial charge in [-0.25, -0.2) is 9.78 Å². The minimum atomic E-state index is -0.380. The number of carbonyl (C=O) groups excluding carboxylic acids is 2. The molecule has 2 fully saturated rings. The van der Waals surface area contributed by atoms with E-state index in [1.54, 1.807) is 6.33 Å². The quantitative estimate of drug-likeness (QED) is 0.863. The highest BCUT2D eigenvalue weighted by Crippen LogP contribution is 2.42. The van der Waals surface area contributed by atoms with Crippen LogP contribution < -0.4 is 0 Å². The molecular formula is C18H27N5O3. The summed E-state index contributed by atoms with van der Waals surface area (Å²) in [7, 11) is 0. The lowest BCUT2D eigenvalue weighted by Crippen LogP contribution is -2.58. The van der Waals surface area contributed by atoms with Crippen molar-refractivity contribution in [3.05, 3.63) is 17.7 Å². The largest absolute Gasteiger partial charge is 0.448 e. The van der Waals surface area contributed by atoms with Crippen molar-refractivity contribution in [2.45, 2.75) is 38.1 Å². The van der Waals surface area contributed by atoms with Gasteiger partial charge in [0.25, 0.3) is 0 Å². The molecule has 0 radical (unpaired) electrons. The molecule has 1 N–H and O–H groups in total. The molecular weight excluding hydrogens is 334 g/mol. The lowest BCUT2D eigenvalue weighted by atomic mass is 9.78. The highest BCUT2D eigenvalue weighted by atomic mass is 16.6. The second kappa shape index (κ2) is 6.90. The number of nitrogens with zero attached hydrogens (tertiary/aromatic N) is 4. The van der Waals surface area contributed by atoms with E-state index in [0.717, 1.165) is 38.8 Å². The number of amides is 2. The van der Waals surface area contributed by atoms with E-state index in [9.17, 15) is 9.59 Å². The first kappa shape index (κ1) is 17.3. The summed E-state index contributed by atoms with van der Waals surface area (Å²) >= 11 is 0. The predicted octanol–water partition coefficient (Wildman–Crippen LogP) is 0.948. The Morgan fingerprint density at radius 1 is 1.31 bits per heavy atom. The molecule has 1 spiro atoms. The Hall–Kier alpha value is -2.09. The fourth-order valence-corrected chi connectivity index (χ4v) is 4.63. The highest BCUT2D eigenvalue weighted by molar-refractivity contribution is 5.83. The second-order valence-electron chi connectivity index (χ2n) is 7.42. The molecule has 4 rings (SSSR count). The maximum Gasteiger partial charge on any atom is 0.410 e. The lowest BCUT2D eigenvalue weighted by Gasteiger charge is -2.50. The van der Waals surface area contributed by atoms with Crippen molar-refractivity contribution in [3.8, 4) is 0 Å². The van der Waals surface area contributed by atoms with E-state index >= 15 is 0 Å². The van der Waals surface area contributed by atoms with Crippen LogP contribution in [0.1, 0.15) is 37.6 Å². The fourth-order valence-electron chi connectivity index (χ4n) is 4.63. The fraction of sp³-hybridized carbons (Fsp3) is 0.722.